The summed E-state index contributed by atoms with van der Waals surface area (Å²) in [6.45, 7) is 3.80. The fourth-order valence-electron chi connectivity index (χ4n) is 1.33. The molecule has 71 valence electrons. The van der Waals surface area contributed by atoms with Crippen molar-refractivity contribution in [2.75, 3.05) is 0 Å². The van der Waals surface area contributed by atoms with Crippen LogP contribution in [0.5, 0.6) is 0 Å². The molecular weight excluding hydrogens is 202 g/mol. The van der Waals surface area contributed by atoms with E-state index < -0.39 is 6.08 Å². The van der Waals surface area contributed by atoms with Crippen molar-refractivity contribution >= 4 is 27.5 Å². The Kier molecular flexibility index (Phi) is 2.33. The molecule has 0 unspecified atom stereocenters. The number of fused-ring (bicyclic) bond motifs is 1. The Morgan fingerprint density at radius 2 is 2.07 bits per heavy atom. The Morgan fingerprint density at radius 3 is 2.79 bits per heavy atom. The molecule has 1 heterocycles. The summed E-state index contributed by atoms with van der Waals surface area (Å²) in [4.78, 5) is 0.946. The molecule has 3 heteroatoms. The summed E-state index contributed by atoms with van der Waals surface area (Å²) < 4.78 is 25.0. The van der Waals surface area contributed by atoms with E-state index in [2.05, 4.69) is 6.92 Å². The summed E-state index contributed by atoms with van der Waals surface area (Å²) in [6, 6.07) is 7.15. The third-order valence-electron chi connectivity index (χ3n) is 1.87. The number of hydrogen-bond donors (Lipinski definition) is 0. The molecule has 1 radical (unpaired) electrons. The van der Waals surface area contributed by atoms with E-state index in [4.69, 9.17) is 0 Å². The van der Waals surface area contributed by atoms with Gasteiger partial charge in [-0.25, -0.2) is 0 Å². The lowest BCUT2D eigenvalue weighted by atomic mass is 10.1. The summed E-state index contributed by atoms with van der Waals surface area (Å²) in [5.41, 5.74) is 0.523. The summed E-state index contributed by atoms with van der Waals surface area (Å²) >= 11 is 1.56. The fraction of sp³-hybridized carbons (Fsp3) is 0. The first-order chi connectivity index (χ1) is 6.65. The second-order valence-electron chi connectivity index (χ2n) is 2.94. The number of halogens is 2. The Bertz CT molecular complexity index is 493. The van der Waals surface area contributed by atoms with Gasteiger partial charge in [0.2, 0.25) is 0 Å². The molecule has 0 bridgehead atoms. The van der Waals surface area contributed by atoms with Crippen LogP contribution in [0.3, 0.4) is 0 Å². The highest BCUT2D eigenvalue weighted by Crippen LogP contribution is 2.26. The minimum Gasteiger partial charge on any atom is -0.173 e. The lowest BCUT2D eigenvalue weighted by molar-refractivity contribution is 0.429. The fourth-order valence-corrected chi connectivity index (χ4v) is 2.17. The molecule has 0 spiro atoms. The molecule has 2 aromatic rings. The largest absolute Gasteiger partial charge is 0.270 e. The molecule has 14 heavy (non-hydrogen) atoms. The molecule has 0 nitrogen and oxygen atoms in total. The highest BCUT2D eigenvalue weighted by atomic mass is 32.1. The van der Waals surface area contributed by atoms with Gasteiger partial charge < -0.3 is 0 Å². The van der Waals surface area contributed by atoms with Gasteiger partial charge in [-0.2, -0.15) is 8.78 Å². The molecule has 0 N–H and O–H groups in total. The molecule has 0 atom stereocenters. The van der Waals surface area contributed by atoms with Crippen LogP contribution < -0.4 is 0 Å². The topological polar surface area (TPSA) is 0 Å². The highest BCUT2D eigenvalue weighted by Gasteiger charge is 1.99. The van der Waals surface area contributed by atoms with E-state index in [0.717, 1.165) is 21.0 Å². The normalized spacial score (nSPS) is 10.5. The van der Waals surface area contributed by atoms with E-state index in [0.29, 0.717) is 5.56 Å². The van der Waals surface area contributed by atoms with Gasteiger partial charge in [-0.3, -0.25) is 0 Å². The number of benzene rings is 1. The van der Waals surface area contributed by atoms with Crippen LogP contribution in [0, 0.1) is 6.92 Å². The Hall–Kier alpha value is -1.22. The molecular formula is C11H7F2S. The monoisotopic (exact) mass is 209 g/mol. The maximum Gasteiger partial charge on any atom is 0.270 e. The van der Waals surface area contributed by atoms with Gasteiger partial charge in [0.05, 0.1) is 0 Å². The maximum atomic E-state index is 12.0. The van der Waals surface area contributed by atoms with Crippen molar-refractivity contribution in [2.45, 2.75) is 0 Å². The van der Waals surface area contributed by atoms with E-state index in [1.807, 2.05) is 12.1 Å². The van der Waals surface area contributed by atoms with Gasteiger partial charge in [-0.05, 0) is 36.1 Å². The van der Waals surface area contributed by atoms with Gasteiger partial charge in [0.1, 0.15) is 0 Å². The molecule has 0 aliphatic heterocycles. The van der Waals surface area contributed by atoms with Crippen molar-refractivity contribution in [3.63, 3.8) is 0 Å². The van der Waals surface area contributed by atoms with Crippen LogP contribution in [0.1, 0.15) is 10.4 Å². The van der Waals surface area contributed by atoms with E-state index in [1.54, 1.807) is 23.5 Å². The van der Waals surface area contributed by atoms with Crippen LogP contribution >= 0.6 is 11.3 Å². The molecule has 0 aliphatic carbocycles. The van der Waals surface area contributed by atoms with Crippen LogP contribution in [-0.2, 0) is 0 Å². The number of hydrogen-bond acceptors (Lipinski definition) is 1. The molecule has 0 saturated heterocycles. The summed E-state index contributed by atoms with van der Waals surface area (Å²) in [6.07, 6.45) is -0.811. The maximum absolute atomic E-state index is 12.0. The average molecular weight is 209 g/mol. The third kappa shape index (κ3) is 1.82. The summed E-state index contributed by atoms with van der Waals surface area (Å²) in [5.74, 6) is 0. The van der Waals surface area contributed by atoms with Crippen LogP contribution in [0.25, 0.3) is 16.2 Å². The van der Waals surface area contributed by atoms with Crippen LogP contribution in [0.2, 0.25) is 0 Å². The second-order valence-corrected chi connectivity index (χ2v) is 4.11. The van der Waals surface area contributed by atoms with Gasteiger partial charge >= 0.3 is 0 Å². The van der Waals surface area contributed by atoms with Crippen LogP contribution in [-0.4, -0.2) is 0 Å². The summed E-state index contributed by atoms with van der Waals surface area (Å²) in [5, 5.41) is 0.968. The molecule has 1 aromatic heterocycles. The lowest BCUT2D eigenvalue weighted by Gasteiger charge is -1.92. The zero-order valence-corrected chi connectivity index (χ0v) is 8.07. The quantitative estimate of drug-likeness (QED) is 0.656. The minimum absolute atomic E-state index is 0.523. The standard InChI is InChI=1S/C11H7F2S/c1-7-4-9-5-8(6-11(12)13)2-3-10(9)14-7/h2-6H,1H2. The Morgan fingerprint density at radius 1 is 1.29 bits per heavy atom. The van der Waals surface area contributed by atoms with Crippen LogP contribution in [0.15, 0.2) is 30.3 Å². The van der Waals surface area contributed by atoms with E-state index in [-0.39, 0.29) is 0 Å². The Balaban J connectivity index is 2.56. The van der Waals surface area contributed by atoms with Crippen LogP contribution in [0.4, 0.5) is 8.78 Å². The van der Waals surface area contributed by atoms with Crippen molar-refractivity contribution in [1.29, 1.82) is 0 Å². The SMILES string of the molecule is [CH2]c1cc2cc(C=C(F)F)ccc2s1. The van der Waals surface area contributed by atoms with E-state index in [1.165, 1.54) is 0 Å². The molecule has 0 amide bonds. The lowest BCUT2D eigenvalue weighted by Crippen LogP contribution is -1.71. The van der Waals surface area contributed by atoms with Gasteiger partial charge in [-0.15, -0.1) is 11.3 Å². The Labute approximate surface area is 84.5 Å². The second kappa shape index (κ2) is 3.50. The first-order valence-electron chi connectivity index (χ1n) is 4.03. The zero-order valence-electron chi connectivity index (χ0n) is 7.26. The zero-order chi connectivity index (χ0) is 10.1. The van der Waals surface area contributed by atoms with Gasteiger partial charge in [-0.1, -0.05) is 6.07 Å². The van der Waals surface area contributed by atoms with Crippen molar-refractivity contribution < 1.29 is 8.78 Å². The number of thiophene rings is 1. The first kappa shape index (κ1) is 9.34. The van der Waals surface area contributed by atoms with E-state index >= 15 is 0 Å². The molecule has 0 saturated carbocycles. The average Bonchev–Trinajstić information content (AvgIpc) is 2.42. The first-order valence-corrected chi connectivity index (χ1v) is 4.85. The predicted molar refractivity (Wildman–Crippen MR) is 56.5 cm³/mol. The van der Waals surface area contributed by atoms with Crippen molar-refractivity contribution in [1.82, 2.24) is 0 Å². The predicted octanol–water partition coefficient (Wildman–Crippen LogP) is 4.32. The molecule has 1 aromatic carbocycles. The van der Waals surface area contributed by atoms with E-state index in [9.17, 15) is 8.78 Å². The summed E-state index contributed by atoms with van der Waals surface area (Å²) in [7, 11) is 0. The van der Waals surface area contributed by atoms with Crippen molar-refractivity contribution in [3.8, 4) is 0 Å². The molecule has 2 rings (SSSR count). The van der Waals surface area contributed by atoms with Gasteiger partial charge in [0.15, 0.2) is 0 Å². The van der Waals surface area contributed by atoms with Gasteiger partial charge in [0, 0.05) is 15.7 Å². The molecule has 0 aliphatic rings. The van der Waals surface area contributed by atoms with Crippen molar-refractivity contribution in [2.24, 2.45) is 0 Å². The number of rotatable bonds is 1. The minimum atomic E-state index is -1.67. The van der Waals surface area contributed by atoms with Gasteiger partial charge in [0.25, 0.3) is 6.08 Å². The highest BCUT2D eigenvalue weighted by molar-refractivity contribution is 7.19. The smallest absolute Gasteiger partial charge is 0.173 e. The molecule has 0 fully saturated rings. The van der Waals surface area contributed by atoms with Crippen molar-refractivity contribution in [3.05, 3.63) is 47.7 Å². The third-order valence-corrected chi connectivity index (χ3v) is 2.84.